The molecule has 4 heteroatoms. The molecule has 0 fully saturated rings. The van der Waals surface area contributed by atoms with E-state index in [0.29, 0.717) is 5.56 Å². The third-order valence-electron chi connectivity index (χ3n) is 3.23. The van der Waals surface area contributed by atoms with Crippen molar-refractivity contribution in [3.05, 3.63) is 41.6 Å². The van der Waals surface area contributed by atoms with Crippen molar-refractivity contribution in [1.82, 2.24) is 9.97 Å². The molecule has 2 rings (SSSR count). The number of imidazole rings is 1. The average molecular weight is 261 g/mol. The predicted octanol–water partition coefficient (Wildman–Crippen LogP) is 3.20. The van der Waals surface area contributed by atoms with Gasteiger partial charge in [-0.15, -0.1) is 0 Å². The van der Waals surface area contributed by atoms with Crippen molar-refractivity contribution in [3.8, 4) is 11.3 Å². The van der Waals surface area contributed by atoms with Crippen molar-refractivity contribution in [1.29, 1.82) is 0 Å². The maximum Gasteiger partial charge on any atom is 0.126 e. The first-order valence-corrected chi connectivity index (χ1v) is 6.71. The molecule has 1 aromatic carbocycles. The van der Waals surface area contributed by atoms with Gasteiger partial charge in [0.25, 0.3) is 0 Å². The molecule has 19 heavy (non-hydrogen) atoms. The number of benzene rings is 1. The van der Waals surface area contributed by atoms with E-state index in [0.717, 1.165) is 49.3 Å². The largest absolute Gasteiger partial charge is 0.342 e. The number of nitrogens with zero attached hydrogens (tertiary/aromatic N) is 1. The van der Waals surface area contributed by atoms with Gasteiger partial charge in [-0.1, -0.05) is 18.6 Å². The van der Waals surface area contributed by atoms with E-state index < -0.39 is 0 Å². The summed E-state index contributed by atoms with van der Waals surface area (Å²) in [6.45, 7) is 2.50. The van der Waals surface area contributed by atoms with Crippen LogP contribution in [0.4, 0.5) is 4.39 Å². The van der Waals surface area contributed by atoms with E-state index in [-0.39, 0.29) is 5.82 Å². The maximum absolute atomic E-state index is 13.5. The highest BCUT2D eigenvalue weighted by Crippen LogP contribution is 2.20. The molecule has 0 bridgehead atoms. The molecule has 3 N–H and O–H groups in total. The molecule has 3 nitrogen and oxygen atoms in total. The molecule has 0 aliphatic rings. The van der Waals surface area contributed by atoms with Gasteiger partial charge in [-0.25, -0.2) is 9.37 Å². The third kappa shape index (κ3) is 3.64. The fourth-order valence-corrected chi connectivity index (χ4v) is 2.01. The number of hydrogen-bond acceptors (Lipinski definition) is 2. The lowest BCUT2D eigenvalue weighted by Crippen LogP contribution is -1.98. The molecular formula is C15H20FN3. The minimum absolute atomic E-state index is 0.184. The van der Waals surface area contributed by atoms with Gasteiger partial charge in [0, 0.05) is 12.0 Å². The molecule has 0 aliphatic carbocycles. The van der Waals surface area contributed by atoms with Crippen LogP contribution in [0.1, 0.15) is 30.7 Å². The fraction of sp³-hybridized carbons (Fsp3) is 0.400. The summed E-state index contributed by atoms with van der Waals surface area (Å²) in [5.41, 5.74) is 7.82. The van der Waals surface area contributed by atoms with Crippen LogP contribution < -0.4 is 5.73 Å². The summed E-state index contributed by atoms with van der Waals surface area (Å²) >= 11 is 0. The van der Waals surface area contributed by atoms with Crippen LogP contribution in [0.5, 0.6) is 0 Å². The lowest BCUT2D eigenvalue weighted by molar-refractivity contribution is 0.619. The molecule has 0 radical (unpaired) electrons. The van der Waals surface area contributed by atoms with Crippen molar-refractivity contribution in [2.24, 2.45) is 5.73 Å². The number of halogens is 1. The summed E-state index contributed by atoms with van der Waals surface area (Å²) in [6.07, 6.45) is 5.92. The summed E-state index contributed by atoms with van der Waals surface area (Å²) in [5, 5.41) is 0. The zero-order chi connectivity index (χ0) is 13.7. The van der Waals surface area contributed by atoms with Gasteiger partial charge in [0.2, 0.25) is 0 Å². The first-order chi connectivity index (χ1) is 9.20. The second-order valence-electron chi connectivity index (χ2n) is 4.81. The highest BCUT2D eigenvalue weighted by molar-refractivity contribution is 5.59. The molecule has 0 spiro atoms. The Labute approximate surface area is 113 Å². The van der Waals surface area contributed by atoms with Crippen LogP contribution in [0, 0.1) is 12.7 Å². The summed E-state index contributed by atoms with van der Waals surface area (Å²) < 4.78 is 13.5. The summed E-state index contributed by atoms with van der Waals surface area (Å²) in [6, 6.07) is 5.23. The van der Waals surface area contributed by atoms with Gasteiger partial charge in [-0.3, -0.25) is 0 Å². The maximum atomic E-state index is 13.5. The second kappa shape index (κ2) is 6.48. The second-order valence-corrected chi connectivity index (χ2v) is 4.81. The van der Waals surface area contributed by atoms with Crippen LogP contribution >= 0.6 is 0 Å². The Hall–Kier alpha value is -1.68. The van der Waals surface area contributed by atoms with E-state index in [2.05, 4.69) is 9.97 Å². The highest BCUT2D eigenvalue weighted by atomic mass is 19.1. The van der Waals surface area contributed by atoms with E-state index in [4.69, 9.17) is 5.73 Å². The van der Waals surface area contributed by atoms with Crippen LogP contribution in [0.25, 0.3) is 11.3 Å². The zero-order valence-corrected chi connectivity index (χ0v) is 11.2. The van der Waals surface area contributed by atoms with E-state index in [1.807, 2.05) is 6.07 Å². The number of unbranched alkanes of at least 4 members (excludes halogenated alkanes) is 2. The number of aromatic nitrogens is 2. The number of H-pyrrole nitrogens is 1. The number of rotatable bonds is 6. The first-order valence-electron chi connectivity index (χ1n) is 6.71. The SMILES string of the molecule is Cc1ccc(-c2cnc(CCCCCN)[nH]2)cc1F. The number of aromatic amines is 1. The monoisotopic (exact) mass is 261 g/mol. The van der Waals surface area contributed by atoms with E-state index in [1.54, 1.807) is 25.3 Å². The Balaban J connectivity index is 2.01. The Morgan fingerprint density at radius 2 is 2.11 bits per heavy atom. The smallest absolute Gasteiger partial charge is 0.126 e. The van der Waals surface area contributed by atoms with Crippen LogP contribution in [0.15, 0.2) is 24.4 Å². The average Bonchev–Trinajstić information content (AvgIpc) is 2.87. The van der Waals surface area contributed by atoms with Crippen molar-refractivity contribution < 1.29 is 4.39 Å². The lowest BCUT2D eigenvalue weighted by atomic mass is 10.1. The van der Waals surface area contributed by atoms with Gasteiger partial charge in [-0.05, 0) is 37.9 Å². The molecule has 0 aliphatic heterocycles. The normalized spacial score (nSPS) is 10.9. The third-order valence-corrected chi connectivity index (χ3v) is 3.23. The van der Waals surface area contributed by atoms with E-state index in [1.165, 1.54) is 0 Å². The molecule has 0 atom stereocenters. The Morgan fingerprint density at radius 1 is 1.26 bits per heavy atom. The van der Waals surface area contributed by atoms with Gasteiger partial charge in [0.15, 0.2) is 0 Å². The van der Waals surface area contributed by atoms with Crippen LogP contribution in [0.3, 0.4) is 0 Å². The first kappa shape index (κ1) is 13.7. The quantitative estimate of drug-likeness (QED) is 0.785. The van der Waals surface area contributed by atoms with E-state index >= 15 is 0 Å². The number of aryl methyl sites for hydroxylation is 2. The molecule has 0 saturated carbocycles. The Morgan fingerprint density at radius 3 is 2.84 bits per heavy atom. The van der Waals surface area contributed by atoms with Crippen molar-refractivity contribution >= 4 is 0 Å². The molecule has 2 aromatic rings. The van der Waals surface area contributed by atoms with Crippen molar-refractivity contribution in [3.63, 3.8) is 0 Å². The van der Waals surface area contributed by atoms with Crippen LogP contribution in [-0.2, 0) is 6.42 Å². The Kier molecular flexibility index (Phi) is 4.68. The minimum Gasteiger partial charge on any atom is -0.342 e. The fourth-order valence-electron chi connectivity index (χ4n) is 2.01. The number of nitrogens with one attached hydrogen (secondary N) is 1. The molecule has 1 heterocycles. The van der Waals surface area contributed by atoms with E-state index in [9.17, 15) is 4.39 Å². The van der Waals surface area contributed by atoms with Gasteiger partial charge < -0.3 is 10.7 Å². The van der Waals surface area contributed by atoms with Crippen molar-refractivity contribution in [2.75, 3.05) is 6.54 Å². The summed E-state index contributed by atoms with van der Waals surface area (Å²) in [5.74, 6) is 0.768. The van der Waals surface area contributed by atoms with Crippen molar-refractivity contribution in [2.45, 2.75) is 32.6 Å². The number of hydrogen-bond donors (Lipinski definition) is 2. The van der Waals surface area contributed by atoms with Crippen LogP contribution in [0.2, 0.25) is 0 Å². The summed E-state index contributed by atoms with van der Waals surface area (Å²) in [7, 11) is 0. The van der Waals surface area contributed by atoms with Gasteiger partial charge in [0.1, 0.15) is 11.6 Å². The molecule has 0 unspecified atom stereocenters. The Bertz CT molecular complexity index is 534. The topological polar surface area (TPSA) is 54.7 Å². The minimum atomic E-state index is -0.184. The molecule has 0 saturated heterocycles. The lowest BCUT2D eigenvalue weighted by Gasteiger charge is -2.01. The molecule has 102 valence electrons. The van der Waals surface area contributed by atoms with Gasteiger partial charge >= 0.3 is 0 Å². The predicted molar refractivity (Wildman–Crippen MR) is 75.3 cm³/mol. The van der Waals surface area contributed by atoms with Crippen LogP contribution in [-0.4, -0.2) is 16.5 Å². The standard InChI is InChI=1S/C15H20FN3/c1-11-6-7-12(9-13(11)16)14-10-18-15(19-14)5-3-2-4-8-17/h6-7,9-10H,2-5,8,17H2,1H3,(H,18,19). The highest BCUT2D eigenvalue weighted by Gasteiger charge is 2.05. The number of nitrogens with two attached hydrogens (primary N) is 1. The summed E-state index contributed by atoms with van der Waals surface area (Å²) in [4.78, 5) is 7.58. The zero-order valence-electron chi connectivity index (χ0n) is 11.2. The molecular weight excluding hydrogens is 241 g/mol. The van der Waals surface area contributed by atoms with Gasteiger partial charge in [0.05, 0.1) is 11.9 Å². The van der Waals surface area contributed by atoms with Gasteiger partial charge in [-0.2, -0.15) is 0 Å². The molecule has 1 aromatic heterocycles. The molecule has 0 amide bonds.